The second-order valence-corrected chi connectivity index (χ2v) is 14.9. The molecule has 10 heteroatoms. The largest absolute Gasteiger partial charge is 0.462 e. The topological polar surface area (TPSA) is 132 Å². The first-order valence-corrected chi connectivity index (χ1v) is 15.4. The maximum atomic E-state index is 13.1. The van der Waals surface area contributed by atoms with Gasteiger partial charge in [-0.2, -0.15) is 0 Å². The fraction of sp³-hybridized carbons (Fsp3) is 0.788. The highest BCUT2D eigenvalue weighted by Crippen LogP contribution is 2.75. The van der Waals surface area contributed by atoms with Gasteiger partial charge in [-0.3, -0.25) is 19.2 Å². The minimum atomic E-state index is -0.923. The zero-order valence-electron chi connectivity index (χ0n) is 26.8. The van der Waals surface area contributed by atoms with Gasteiger partial charge in [0.2, 0.25) is 0 Å². The molecule has 0 unspecified atom stereocenters. The van der Waals surface area contributed by atoms with Crippen LogP contribution in [-0.2, 0) is 47.7 Å². The van der Waals surface area contributed by atoms with Gasteiger partial charge in [0.25, 0.3) is 0 Å². The molecule has 0 radical (unpaired) electrons. The highest BCUT2D eigenvalue weighted by Gasteiger charge is 2.77. The molecule has 5 rings (SSSR count). The van der Waals surface area contributed by atoms with Crippen LogP contribution in [0.2, 0.25) is 0 Å². The predicted octanol–water partition coefficient (Wildman–Crippen LogP) is 4.46. The molecule has 5 aliphatic rings. The number of hydrogen-bond acceptors (Lipinski definition) is 10. The minimum Gasteiger partial charge on any atom is -0.462 e. The molecule has 2 aliphatic heterocycles. The first-order chi connectivity index (χ1) is 19.8. The van der Waals surface area contributed by atoms with Crippen molar-refractivity contribution in [2.24, 2.45) is 39.9 Å². The Morgan fingerprint density at radius 2 is 1.42 bits per heavy atom. The summed E-state index contributed by atoms with van der Waals surface area (Å²) in [5.74, 6) is -3.20. The molecule has 4 fully saturated rings. The molecule has 3 aliphatic carbocycles. The zero-order valence-corrected chi connectivity index (χ0v) is 26.8. The number of carbonyl (C=O) groups excluding carboxylic acids is 5. The van der Waals surface area contributed by atoms with Crippen LogP contribution in [0.5, 0.6) is 0 Å². The number of hydrogen-bond donors (Lipinski definition) is 0. The van der Waals surface area contributed by atoms with Crippen LogP contribution in [-0.4, -0.2) is 59.4 Å². The van der Waals surface area contributed by atoms with Gasteiger partial charge in [-0.15, -0.1) is 0 Å². The van der Waals surface area contributed by atoms with Gasteiger partial charge in [-0.05, 0) is 63.9 Å². The first kappa shape index (κ1) is 31.5. The van der Waals surface area contributed by atoms with E-state index in [4.69, 9.17) is 23.7 Å². The molecule has 0 aromatic heterocycles. The molecular weight excluding hydrogens is 556 g/mol. The van der Waals surface area contributed by atoms with Crippen molar-refractivity contribution >= 4 is 29.8 Å². The van der Waals surface area contributed by atoms with Crippen LogP contribution >= 0.6 is 0 Å². The van der Waals surface area contributed by atoms with E-state index in [0.717, 1.165) is 0 Å². The fourth-order valence-corrected chi connectivity index (χ4v) is 10.8. The molecule has 0 aromatic carbocycles. The van der Waals surface area contributed by atoms with Crippen LogP contribution in [0, 0.1) is 39.9 Å². The molecule has 43 heavy (non-hydrogen) atoms. The molecular formula is C33H46O10. The lowest BCUT2D eigenvalue weighted by molar-refractivity contribution is -0.275. The quantitative estimate of drug-likeness (QED) is 0.336. The molecule has 3 saturated carbocycles. The summed E-state index contributed by atoms with van der Waals surface area (Å²) in [6.45, 7) is 16.2. The second-order valence-electron chi connectivity index (χ2n) is 14.9. The van der Waals surface area contributed by atoms with Gasteiger partial charge in [0.15, 0.2) is 0 Å². The van der Waals surface area contributed by atoms with Gasteiger partial charge in [0, 0.05) is 55.4 Å². The van der Waals surface area contributed by atoms with Gasteiger partial charge in [-0.1, -0.05) is 20.8 Å². The van der Waals surface area contributed by atoms with E-state index >= 15 is 0 Å². The van der Waals surface area contributed by atoms with Crippen molar-refractivity contribution in [1.82, 2.24) is 0 Å². The van der Waals surface area contributed by atoms with Crippen LogP contribution in [0.25, 0.3) is 0 Å². The fourth-order valence-electron chi connectivity index (χ4n) is 10.8. The number of rotatable bonds is 4. The Morgan fingerprint density at radius 3 is 1.98 bits per heavy atom. The van der Waals surface area contributed by atoms with E-state index in [1.807, 2.05) is 27.7 Å². The number of cyclic esters (lactones) is 2. The zero-order chi connectivity index (χ0) is 31.9. The Hall–Kier alpha value is -2.91. The lowest BCUT2D eigenvalue weighted by atomic mass is 9.36. The Kier molecular flexibility index (Phi) is 7.37. The Bertz CT molecular complexity index is 1270. The summed E-state index contributed by atoms with van der Waals surface area (Å²) in [6.07, 6.45) is 3.34. The summed E-state index contributed by atoms with van der Waals surface area (Å²) in [4.78, 5) is 63.3. The van der Waals surface area contributed by atoms with Crippen molar-refractivity contribution in [2.45, 2.75) is 124 Å². The number of fused-ring (bicyclic) bond motifs is 5. The first-order valence-electron chi connectivity index (χ1n) is 15.4. The molecule has 10 nitrogen and oxygen atoms in total. The summed E-state index contributed by atoms with van der Waals surface area (Å²) < 4.78 is 30.2. The summed E-state index contributed by atoms with van der Waals surface area (Å²) in [7, 11) is 0. The highest BCUT2D eigenvalue weighted by atomic mass is 16.6. The van der Waals surface area contributed by atoms with Crippen molar-refractivity contribution in [2.75, 3.05) is 0 Å². The summed E-state index contributed by atoms with van der Waals surface area (Å²) in [6, 6.07) is 0. The summed E-state index contributed by atoms with van der Waals surface area (Å²) in [5, 5.41) is 0. The third kappa shape index (κ3) is 4.60. The molecule has 1 saturated heterocycles. The van der Waals surface area contributed by atoms with Crippen molar-refractivity contribution in [1.29, 1.82) is 0 Å². The van der Waals surface area contributed by atoms with E-state index < -0.39 is 81.5 Å². The predicted molar refractivity (Wildman–Crippen MR) is 152 cm³/mol. The van der Waals surface area contributed by atoms with Crippen LogP contribution in [0.15, 0.2) is 12.2 Å². The Balaban J connectivity index is 1.74. The number of ether oxygens (including phenoxy) is 5. The molecule has 0 amide bonds. The smallest absolute Gasteiger partial charge is 0.331 e. The Morgan fingerprint density at radius 1 is 0.814 bits per heavy atom. The van der Waals surface area contributed by atoms with Crippen LogP contribution < -0.4 is 0 Å². The average molecular weight is 603 g/mol. The molecule has 0 aromatic rings. The molecule has 2 heterocycles. The SMILES string of the molecule is CC(=O)O[C@H]1C[C@H]([C@]2(C)C=CC(=O)O2)[C@@H]2C[C@@H](OC(C)=O)[C@H]3[C@@]4(C)[C@H](OC(C)=O)CC(=O)OC(C)(C)[C@@H]4CC[C@@]3(C)[C@]12C. The van der Waals surface area contributed by atoms with Crippen LogP contribution in [0.1, 0.15) is 94.4 Å². The van der Waals surface area contributed by atoms with E-state index in [0.29, 0.717) is 25.7 Å². The van der Waals surface area contributed by atoms with Gasteiger partial charge in [-0.25, -0.2) is 4.79 Å². The third-order valence-electron chi connectivity index (χ3n) is 12.3. The highest BCUT2D eigenvalue weighted by molar-refractivity contribution is 5.85. The van der Waals surface area contributed by atoms with Gasteiger partial charge < -0.3 is 23.7 Å². The standard InChI is InChI=1S/C33H46O10/c1-17(34)39-22-14-21-20(31(7)13-11-26(37)43-31)15-25(41-19(3)36)33(21,9)30(6)12-10-23-29(4,5)42-27(38)16-24(40-18(2)35)32(23,8)28(22)30/h11,13,20-25,28H,10,12,14-16H2,1-9H3/t20-,21-,22+,23-,24+,25-,28+,30+,31-,32+,33-/m0/s1. The normalized spacial score (nSPS) is 46.3. The molecule has 0 N–H and O–H groups in total. The average Bonchev–Trinajstić information content (AvgIpc) is 3.32. The van der Waals surface area contributed by atoms with Crippen LogP contribution in [0.3, 0.4) is 0 Å². The van der Waals surface area contributed by atoms with E-state index in [9.17, 15) is 24.0 Å². The van der Waals surface area contributed by atoms with Gasteiger partial charge in [0.1, 0.15) is 29.5 Å². The molecule has 238 valence electrons. The van der Waals surface area contributed by atoms with E-state index in [1.165, 1.54) is 26.8 Å². The maximum absolute atomic E-state index is 13.1. The molecule has 0 spiro atoms. The van der Waals surface area contributed by atoms with E-state index in [-0.39, 0.29) is 24.2 Å². The third-order valence-corrected chi connectivity index (χ3v) is 12.3. The van der Waals surface area contributed by atoms with Crippen molar-refractivity contribution in [3.8, 4) is 0 Å². The molecule has 0 bridgehead atoms. The van der Waals surface area contributed by atoms with Crippen molar-refractivity contribution < 1.29 is 47.7 Å². The van der Waals surface area contributed by atoms with E-state index in [1.54, 1.807) is 6.08 Å². The minimum absolute atomic E-state index is 0.121. The summed E-state index contributed by atoms with van der Waals surface area (Å²) in [5.41, 5.74) is -3.93. The van der Waals surface area contributed by atoms with Gasteiger partial charge >= 0.3 is 29.8 Å². The summed E-state index contributed by atoms with van der Waals surface area (Å²) >= 11 is 0. The lowest BCUT2D eigenvalue weighted by Crippen LogP contribution is -2.70. The molecule has 11 atom stereocenters. The number of carbonyl (C=O) groups is 5. The van der Waals surface area contributed by atoms with Crippen molar-refractivity contribution in [3.05, 3.63) is 12.2 Å². The maximum Gasteiger partial charge on any atom is 0.331 e. The monoisotopic (exact) mass is 602 g/mol. The Labute approximate surface area is 253 Å². The lowest BCUT2D eigenvalue weighted by Gasteiger charge is -2.69. The van der Waals surface area contributed by atoms with Gasteiger partial charge in [0.05, 0.1) is 6.42 Å². The van der Waals surface area contributed by atoms with E-state index in [2.05, 4.69) is 13.8 Å². The van der Waals surface area contributed by atoms with Crippen LogP contribution in [0.4, 0.5) is 0 Å². The van der Waals surface area contributed by atoms with Crippen molar-refractivity contribution in [3.63, 3.8) is 0 Å². The number of esters is 5. The second kappa shape index (κ2) is 10.1.